The first kappa shape index (κ1) is 9.67. The fourth-order valence-electron chi connectivity index (χ4n) is 0.580. The maximum atomic E-state index is 10.7. The predicted octanol–water partition coefficient (Wildman–Crippen LogP) is 2.46. The lowest BCUT2D eigenvalue weighted by molar-refractivity contribution is -0.114. The Morgan fingerprint density at radius 3 is 2.80 bits per heavy atom. The minimum atomic E-state index is 0.121. The van der Waals surface area contributed by atoms with E-state index in [1.807, 2.05) is 0 Å². The molecule has 0 aromatic rings. The molecule has 0 bridgehead atoms. The van der Waals surface area contributed by atoms with Crippen LogP contribution in [0.2, 0.25) is 0 Å². The van der Waals surface area contributed by atoms with Crippen molar-refractivity contribution in [2.24, 2.45) is 0 Å². The summed E-state index contributed by atoms with van der Waals surface area (Å²) in [5.74, 6) is 0.121. The van der Waals surface area contributed by atoms with Crippen LogP contribution in [0.3, 0.4) is 0 Å². The fraction of sp³-hybridized carbons (Fsp3) is 0.500. The van der Waals surface area contributed by atoms with Crippen molar-refractivity contribution in [3.8, 4) is 0 Å². The van der Waals surface area contributed by atoms with Gasteiger partial charge >= 0.3 is 0 Å². The number of carbonyl (C=O) groups is 1. The summed E-state index contributed by atoms with van der Waals surface area (Å²) >= 11 is 3.29. The van der Waals surface area contributed by atoms with Crippen LogP contribution in [0.25, 0.3) is 0 Å². The maximum Gasteiger partial charge on any atom is 0.163 e. The molecule has 0 unspecified atom stereocenters. The van der Waals surface area contributed by atoms with E-state index in [2.05, 4.69) is 28.2 Å². The molecule has 0 amide bonds. The zero-order chi connectivity index (χ0) is 7.82. The molecule has 2 heteroatoms. The first-order valence-corrected chi connectivity index (χ1v) is 4.38. The molecule has 0 saturated carbocycles. The Bertz CT molecular complexity index is 145. The van der Waals surface area contributed by atoms with Gasteiger partial charge < -0.3 is 0 Å². The summed E-state index contributed by atoms with van der Waals surface area (Å²) in [6.07, 6.45) is 4.02. The van der Waals surface area contributed by atoms with Crippen molar-refractivity contribution >= 4 is 21.7 Å². The number of carbonyl (C=O) groups excluding carboxylic acids is 1. The van der Waals surface area contributed by atoms with E-state index in [0.717, 1.165) is 18.2 Å². The van der Waals surface area contributed by atoms with Crippen molar-refractivity contribution in [1.82, 2.24) is 0 Å². The molecule has 10 heavy (non-hydrogen) atoms. The van der Waals surface area contributed by atoms with Crippen molar-refractivity contribution in [2.45, 2.75) is 19.3 Å². The second kappa shape index (κ2) is 6.79. The molecule has 0 aliphatic rings. The van der Waals surface area contributed by atoms with Crippen LogP contribution < -0.4 is 0 Å². The third-order valence-electron chi connectivity index (χ3n) is 1.07. The highest BCUT2D eigenvalue weighted by atomic mass is 79.9. The molecule has 0 heterocycles. The largest absolute Gasteiger partial charge is 0.294 e. The molecule has 0 N–H and O–H groups in total. The van der Waals surface area contributed by atoms with Crippen LogP contribution in [0.5, 0.6) is 0 Å². The Morgan fingerprint density at radius 2 is 2.30 bits per heavy atom. The van der Waals surface area contributed by atoms with Gasteiger partial charge in [0.25, 0.3) is 0 Å². The van der Waals surface area contributed by atoms with Crippen molar-refractivity contribution < 1.29 is 4.79 Å². The van der Waals surface area contributed by atoms with Gasteiger partial charge in [0, 0.05) is 17.8 Å². The van der Waals surface area contributed by atoms with Gasteiger partial charge in [-0.15, -0.1) is 5.73 Å². The van der Waals surface area contributed by atoms with Crippen LogP contribution in [0.4, 0.5) is 0 Å². The van der Waals surface area contributed by atoms with E-state index in [0.29, 0.717) is 6.42 Å². The normalized spacial score (nSPS) is 8.50. The molecule has 0 aliphatic heterocycles. The smallest absolute Gasteiger partial charge is 0.163 e. The minimum Gasteiger partial charge on any atom is -0.294 e. The Hall–Kier alpha value is -0.330. The van der Waals surface area contributed by atoms with Gasteiger partial charge in [-0.2, -0.15) is 0 Å². The third kappa shape index (κ3) is 5.80. The van der Waals surface area contributed by atoms with Crippen LogP contribution in [-0.2, 0) is 4.79 Å². The van der Waals surface area contributed by atoms with E-state index in [-0.39, 0.29) is 5.78 Å². The number of halogens is 1. The average Bonchev–Trinajstić information content (AvgIpc) is 1.89. The summed E-state index contributed by atoms with van der Waals surface area (Å²) in [5.41, 5.74) is 2.46. The minimum absolute atomic E-state index is 0.121. The number of unbranched alkanes of at least 4 members (excludes halogenated alkanes) is 1. The summed E-state index contributed by atoms with van der Waals surface area (Å²) in [5, 5.41) is 0.970. The zero-order valence-corrected chi connectivity index (χ0v) is 7.49. The number of hydrogen-bond acceptors (Lipinski definition) is 1. The van der Waals surface area contributed by atoms with Crippen molar-refractivity contribution in [1.29, 1.82) is 0 Å². The van der Waals surface area contributed by atoms with E-state index in [1.165, 1.54) is 6.08 Å². The molecular weight excluding hydrogens is 192 g/mol. The van der Waals surface area contributed by atoms with Crippen LogP contribution in [0.1, 0.15) is 19.3 Å². The molecule has 0 spiro atoms. The summed E-state index contributed by atoms with van der Waals surface area (Å²) < 4.78 is 0. The van der Waals surface area contributed by atoms with Crippen molar-refractivity contribution in [2.75, 3.05) is 5.33 Å². The number of hydrogen-bond donors (Lipinski definition) is 0. The van der Waals surface area contributed by atoms with Gasteiger partial charge in [-0.05, 0) is 12.8 Å². The zero-order valence-electron chi connectivity index (χ0n) is 5.90. The lowest BCUT2D eigenvalue weighted by Crippen LogP contribution is -1.91. The van der Waals surface area contributed by atoms with Crippen LogP contribution in [0, 0.1) is 0 Å². The Morgan fingerprint density at radius 1 is 1.60 bits per heavy atom. The topological polar surface area (TPSA) is 17.1 Å². The molecule has 1 nitrogen and oxygen atoms in total. The standard InChI is InChI=1S/C8H11BrO/c1-2-5-8(10)6-3-4-7-9/h5H,1,3-4,6-7H2. The van der Waals surface area contributed by atoms with E-state index < -0.39 is 0 Å². The number of ketones is 1. The molecule has 0 aromatic carbocycles. The summed E-state index contributed by atoms with van der Waals surface area (Å²) in [6, 6.07) is 0. The summed E-state index contributed by atoms with van der Waals surface area (Å²) in [4.78, 5) is 10.7. The molecule has 56 valence electrons. The van der Waals surface area contributed by atoms with Gasteiger partial charge in [0.05, 0.1) is 0 Å². The van der Waals surface area contributed by atoms with E-state index in [9.17, 15) is 4.79 Å². The first-order valence-electron chi connectivity index (χ1n) is 3.26. The molecule has 0 fully saturated rings. The highest BCUT2D eigenvalue weighted by Crippen LogP contribution is 1.99. The number of allylic oxidation sites excluding steroid dienone is 1. The molecule has 0 atom stereocenters. The van der Waals surface area contributed by atoms with Gasteiger partial charge in [0.2, 0.25) is 0 Å². The van der Waals surface area contributed by atoms with Gasteiger partial charge in [0.15, 0.2) is 5.78 Å². The van der Waals surface area contributed by atoms with E-state index >= 15 is 0 Å². The quantitative estimate of drug-likeness (QED) is 0.290. The third-order valence-corrected chi connectivity index (χ3v) is 1.63. The average molecular weight is 203 g/mol. The van der Waals surface area contributed by atoms with Gasteiger partial charge in [-0.1, -0.05) is 22.5 Å². The van der Waals surface area contributed by atoms with E-state index in [1.54, 1.807) is 0 Å². The van der Waals surface area contributed by atoms with Crippen molar-refractivity contribution in [3.63, 3.8) is 0 Å². The van der Waals surface area contributed by atoms with Gasteiger partial charge in [0.1, 0.15) is 0 Å². The van der Waals surface area contributed by atoms with Crippen LogP contribution in [-0.4, -0.2) is 11.1 Å². The molecule has 0 rings (SSSR count). The first-order chi connectivity index (χ1) is 4.81. The molecular formula is C8H11BrO. The molecule has 0 radical (unpaired) electrons. The maximum absolute atomic E-state index is 10.7. The molecule has 0 aromatic heterocycles. The number of alkyl halides is 1. The van der Waals surface area contributed by atoms with Crippen LogP contribution >= 0.6 is 15.9 Å². The predicted molar refractivity (Wildman–Crippen MR) is 46.4 cm³/mol. The van der Waals surface area contributed by atoms with E-state index in [4.69, 9.17) is 0 Å². The SMILES string of the molecule is C=C=CC(=O)CCCCBr. The second-order valence-electron chi connectivity index (χ2n) is 1.96. The van der Waals surface area contributed by atoms with Gasteiger partial charge in [-0.25, -0.2) is 0 Å². The Balaban J connectivity index is 3.31. The monoisotopic (exact) mass is 202 g/mol. The number of rotatable bonds is 5. The fourth-order valence-corrected chi connectivity index (χ4v) is 0.976. The summed E-state index contributed by atoms with van der Waals surface area (Å²) in [6.45, 7) is 3.32. The highest BCUT2D eigenvalue weighted by molar-refractivity contribution is 9.09. The molecule has 0 aliphatic carbocycles. The summed E-state index contributed by atoms with van der Waals surface area (Å²) in [7, 11) is 0. The van der Waals surface area contributed by atoms with Crippen LogP contribution in [0.15, 0.2) is 18.4 Å². The Kier molecular flexibility index (Phi) is 6.56. The van der Waals surface area contributed by atoms with Crippen molar-refractivity contribution in [3.05, 3.63) is 18.4 Å². The second-order valence-corrected chi connectivity index (χ2v) is 2.75. The highest BCUT2D eigenvalue weighted by Gasteiger charge is 1.93. The van der Waals surface area contributed by atoms with Gasteiger partial charge in [-0.3, -0.25) is 4.79 Å². The lowest BCUT2D eigenvalue weighted by Gasteiger charge is -1.90. The Labute approximate surface area is 69.9 Å². The molecule has 0 saturated heterocycles. The lowest BCUT2D eigenvalue weighted by atomic mass is 10.2.